The monoisotopic (exact) mass is 293 g/mol. The van der Waals surface area contributed by atoms with Crippen LogP contribution in [-0.4, -0.2) is 29.8 Å². The number of amides is 1. The van der Waals surface area contributed by atoms with Gasteiger partial charge in [0.15, 0.2) is 5.78 Å². The van der Waals surface area contributed by atoms with Crippen molar-refractivity contribution in [2.45, 2.75) is 57.9 Å². The molecule has 5 heteroatoms. The molecule has 0 spiro atoms. The number of nitrogens with one attached hydrogen (secondary N) is 1. The van der Waals surface area contributed by atoms with Crippen LogP contribution < -0.4 is 5.32 Å². The number of ether oxygens (including phenoxy) is 1. The van der Waals surface area contributed by atoms with E-state index in [1.54, 1.807) is 6.92 Å². The van der Waals surface area contributed by atoms with Crippen molar-refractivity contribution in [1.82, 2.24) is 5.32 Å². The van der Waals surface area contributed by atoms with Crippen LogP contribution in [0.25, 0.3) is 0 Å². The summed E-state index contributed by atoms with van der Waals surface area (Å²) < 4.78 is 5.24. The van der Waals surface area contributed by atoms with Gasteiger partial charge in [-0.15, -0.1) is 0 Å². The molecule has 0 aromatic heterocycles. The fourth-order valence-electron chi connectivity index (χ4n) is 5.34. The second-order valence-corrected chi connectivity index (χ2v) is 7.48. The average Bonchev–Trinajstić information content (AvgIpc) is 2.32. The summed E-state index contributed by atoms with van der Waals surface area (Å²) in [6, 6.07) is 0. The van der Waals surface area contributed by atoms with Gasteiger partial charge in [0, 0.05) is 12.5 Å². The Balaban J connectivity index is 1.81. The van der Waals surface area contributed by atoms with Crippen LogP contribution in [0.5, 0.6) is 0 Å². The van der Waals surface area contributed by atoms with Crippen LogP contribution in [0.15, 0.2) is 0 Å². The van der Waals surface area contributed by atoms with Crippen LogP contribution in [-0.2, 0) is 19.1 Å². The molecule has 5 nitrogen and oxygen atoms in total. The Morgan fingerprint density at radius 2 is 1.71 bits per heavy atom. The Bertz CT molecular complexity index is 485. The van der Waals surface area contributed by atoms with E-state index in [1.165, 1.54) is 6.92 Å². The largest absolute Gasteiger partial charge is 0.457 e. The summed E-state index contributed by atoms with van der Waals surface area (Å²) in [4.78, 5) is 35.1. The quantitative estimate of drug-likeness (QED) is 0.799. The first kappa shape index (κ1) is 14.5. The maximum atomic E-state index is 12.5. The summed E-state index contributed by atoms with van der Waals surface area (Å²) in [5, 5.41) is 3.12. The van der Waals surface area contributed by atoms with Crippen LogP contribution in [0.1, 0.15) is 52.4 Å². The zero-order valence-electron chi connectivity index (χ0n) is 12.7. The Hall–Kier alpha value is -1.39. The van der Waals surface area contributed by atoms with E-state index in [1.807, 2.05) is 0 Å². The van der Waals surface area contributed by atoms with Gasteiger partial charge < -0.3 is 10.1 Å². The number of hydrogen-bond donors (Lipinski definition) is 1. The van der Waals surface area contributed by atoms with Crippen molar-refractivity contribution >= 4 is 17.7 Å². The molecule has 1 N–H and O–H groups in total. The first-order chi connectivity index (χ1) is 9.82. The van der Waals surface area contributed by atoms with E-state index in [2.05, 4.69) is 5.32 Å². The number of esters is 1. The third-order valence-electron chi connectivity index (χ3n) is 5.34. The lowest BCUT2D eigenvalue weighted by Gasteiger charge is -2.60. The van der Waals surface area contributed by atoms with Crippen molar-refractivity contribution in [3.05, 3.63) is 0 Å². The topological polar surface area (TPSA) is 72.5 Å². The summed E-state index contributed by atoms with van der Waals surface area (Å²) in [6.45, 7) is 2.83. The lowest BCUT2D eigenvalue weighted by Crippen LogP contribution is -2.64. The Labute approximate surface area is 124 Å². The molecular formula is C16H23NO4. The van der Waals surface area contributed by atoms with Gasteiger partial charge in [0.1, 0.15) is 6.61 Å². The summed E-state index contributed by atoms with van der Waals surface area (Å²) in [5.41, 5.74) is -0.715. The number of hydrogen-bond acceptors (Lipinski definition) is 4. The van der Waals surface area contributed by atoms with Gasteiger partial charge >= 0.3 is 5.97 Å². The van der Waals surface area contributed by atoms with Crippen LogP contribution in [0.2, 0.25) is 0 Å². The van der Waals surface area contributed by atoms with E-state index in [0.717, 1.165) is 32.1 Å². The fourth-order valence-corrected chi connectivity index (χ4v) is 5.34. The summed E-state index contributed by atoms with van der Waals surface area (Å²) >= 11 is 0. The Morgan fingerprint density at radius 1 is 1.10 bits per heavy atom. The van der Waals surface area contributed by atoms with Gasteiger partial charge in [0.05, 0.1) is 5.41 Å². The molecule has 0 aromatic carbocycles. The molecule has 0 heterocycles. The van der Waals surface area contributed by atoms with Gasteiger partial charge in [-0.1, -0.05) is 0 Å². The Kier molecular flexibility index (Phi) is 3.34. The number of ketones is 1. The van der Waals surface area contributed by atoms with E-state index >= 15 is 0 Å². The third kappa shape index (κ3) is 2.58. The van der Waals surface area contributed by atoms with Gasteiger partial charge in [-0.2, -0.15) is 0 Å². The van der Waals surface area contributed by atoms with Crippen molar-refractivity contribution < 1.29 is 19.1 Å². The Morgan fingerprint density at radius 3 is 2.24 bits per heavy atom. The summed E-state index contributed by atoms with van der Waals surface area (Å²) in [7, 11) is 0. The van der Waals surface area contributed by atoms with Crippen molar-refractivity contribution in [2.75, 3.05) is 6.61 Å². The van der Waals surface area contributed by atoms with E-state index in [9.17, 15) is 14.4 Å². The van der Waals surface area contributed by atoms with Crippen LogP contribution in [0, 0.1) is 17.3 Å². The number of rotatable bonds is 4. The molecule has 0 aromatic rings. The maximum absolute atomic E-state index is 12.5. The van der Waals surface area contributed by atoms with E-state index in [-0.39, 0.29) is 29.8 Å². The molecule has 4 saturated carbocycles. The van der Waals surface area contributed by atoms with Gasteiger partial charge in [0.2, 0.25) is 5.91 Å². The van der Waals surface area contributed by atoms with Crippen LogP contribution in [0.3, 0.4) is 0 Å². The minimum absolute atomic E-state index is 0.0239. The highest BCUT2D eigenvalue weighted by atomic mass is 16.5. The normalized spacial score (nSPS) is 39.9. The second kappa shape index (κ2) is 4.82. The highest BCUT2D eigenvalue weighted by Gasteiger charge is 2.61. The number of carbonyl (C=O) groups excluding carboxylic acids is 3. The van der Waals surface area contributed by atoms with Crippen LogP contribution >= 0.6 is 0 Å². The SMILES string of the molecule is CC(=O)COC(=O)C12C[C@@H]3C[C@H](CC(NC(C)=O)(C3)C1)C2. The minimum atomic E-state index is -0.484. The fraction of sp³-hybridized carbons (Fsp3) is 0.812. The molecule has 1 amide bonds. The standard InChI is InChI=1S/C16H23NO4/c1-10(18)8-21-14(20)15-4-12-3-13(5-15)7-16(6-12,9-15)17-11(2)19/h12-13H,3-9H2,1-2H3,(H,17,19)/t12-,13-,15?,16?/m0/s1. The number of carbonyl (C=O) groups is 3. The lowest BCUT2D eigenvalue weighted by atomic mass is 9.47. The minimum Gasteiger partial charge on any atom is -0.457 e. The zero-order valence-corrected chi connectivity index (χ0v) is 12.7. The molecule has 116 valence electrons. The molecule has 0 saturated heterocycles. The van der Waals surface area contributed by atoms with Crippen molar-refractivity contribution in [1.29, 1.82) is 0 Å². The highest BCUT2D eigenvalue weighted by molar-refractivity contribution is 5.83. The first-order valence-corrected chi connectivity index (χ1v) is 7.78. The molecule has 4 fully saturated rings. The molecule has 4 aliphatic rings. The predicted molar refractivity (Wildman–Crippen MR) is 75.3 cm³/mol. The summed E-state index contributed by atoms with van der Waals surface area (Å²) in [5.74, 6) is 0.585. The van der Waals surface area contributed by atoms with E-state index in [4.69, 9.17) is 4.74 Å². The van der Waals surface area contributed by atoms with Gasteiger partial charge in [-0.3, -0.25) is 14.4 Å². The first-order valence-electron chi connectivity index (χ1n) is 7.78. The molecule has 0 radical (unpaired) electrons. The van der Waals surface area contributed by atoms with E-state index < -0.39 is 5.41 Å². The molecule has 0 unspecified atom stereocenters. The van der Waals surface area contributed by atoms with Crippen LogP contribution in [0.4, 0.5) is 0 Å². The van der Waals surface area contributed by atoms with Crippen molar-refractivity contribution in [2.24, 2.45) is 17.3 Å². The zero-order chi connectivity index (χ0) is 15.3. The molecule has 2 atom stereocenters. The molecule has 4 aliphatic carbocycles. The third-order valence-corrected chi connectivity index (χ3v) is 5.34. The number of Topliss-reactive ketones (excluding diaryl/α,β-unsaturated/α-hetero) is 1. The second-order valence-electron chi connectivity index (χ2n) is 7.48. The molecular weight excluding hydrogens is 270 g/mol. The van der Waals surface area contributed by atoms with Gasteiger partial charge in [-0.05, 0) is 57.3 Å². The highest BCUT2D eigenvalue weighted by Crippen LogP contribution is 2.62. The van der Waals surface area contributed by atoms with Crippen molar-refractivity contribution in [3.8, 4) is 0 Å². The van der Waals surface area contributed by atoms with Gasteiger partial charge in [0.25, 0.3) is 0 Å². The van der Waals surface area contributed by atoms with Gasteiger partial charge in [-0.25, -0.2) is 0 Å². The maximum Gasteiger partial charge on any atom is 0.312 e. The van der Waals surface area contributed by atoms with Crippen molar-refractivity contribution in [3.63, 3.8) is 0 Å². The molecule has 21 heavy (non-hydrogen) atoms. The molecule has 4 rings (SSSR count). The molecule has 0 aliphatic heterocycles. The average molecular weight is 293 g/mol. The smallest absolute Gasteiger partial charge is 0.312 e. The predicted octanol–water partition coefficient (Wildman–Crippen LogP) is 1.59. The molecule has 4 bridgehead atoms. The lowest BCUT2D eigenvalue weighted by molar-refractivity contribution is -0.176. The summed E-state index contributed by atoms with van der Waals surface area (Å²) in [6.07, 6.45) is 5.48. The van der Waals surface area contributed by atoms with E-state index in [0.29, 0.717) is 18.3 Å².